The van der Waals surface area contributed by atoms with Crippen molar-refractivity contribution in [3.8, 4) is 0 Å². The molecule has 0 nitrogen and oxygen atoms in total. The van der Waals surface area contributed by atoms with Gasteiger partial charge in [-0.25, -0.2) is 0 Å². The van der Waals surface area contributed by atoms with Crippen molar-refractivity contribution in [2.45, 2.75) is 72.1 Å². The van der Waals surface area contributed by atoms with E-state index in [4.69, 9.17) is 0 Å². The highest BCUT2D eigenvalue weighted by atomic mass is 28.1. The van der Waals surface area contributed by atoms with Crippen LogP contribution >= 0.6 is 0 Å². The molecule has 0 saturated heterocycles. The van der Waals surface area contributed by atoms with E-state index in [1.54, 1.807) is 0 Å². The van der Waals surface area contributed by atoms with Gasteiger partial charge in [0, 0.05) is 11.0 Å². The second-order valence-electron chi connectivity index (χ2n) is 4.30. The van der Waals surface area contributed by atoms with Crippen LogP contribution in [0.2, 0.25) is 0 Å². The van der Waals surface area contributed by atoms with E-state index in [-0.39, 0.29) is 11.0 Å². The van der Waals surface area contributed by atoms with E-state index < -0.39 is 0 Å². The molecule has 4 radical (unpaired) electrons. The van der Waals surface area contributed by atoms with Gasteiger partial charge in [-0.15, -0.1) is 0 Å². The van der Waals surface area contributed by atoms with Crippen molar-refractivity contribution >= 4 is 11.0 Å². The van der Waals surface area contributed by atoms with Gasteiger partial charge in [-0.1, -0.05) is 72.1 Å². The number of hydrogen-bond acceptors (Lipinski definition) is 0. The van der Waals surface area contributed by atoms with Gasteiger partial charge < -0.3 is 0 Å². The minimum absolute atomic E-state index is 0. The van der Waals surface area contributed by atoms with Crippen molar-refractivity contribution in [3.63, 3.8) is 0 Å². The topological polar surface area (TPSA) is 0 Å². The third-order valence-corrected chi connectivity index (χ3v) is 2.39. The maximum absolute atomic E-state index is 2.32. The molecule has 0 aromatic rings. The van der Waals surface area contributed by atoms with E-state index >= 15 is 0 Å². The monoisotopic (exact) mass is 198 g/mol. The second-order valence-corrected chi connectivity index (χ2v) is 4.30. The predicted molar refractivity (Wildman–Crippen MR) is 63.2 cm³/mol. The lowest BCUT2D eigenvalue weighted by Crippen LogP contribution is -1.87. The summed E-state index contributed by atoms with van der Waals surface area (Å²) < 4.78 is 0. The van der Waals surface area contributed by atoms with Crippen LogP contribution < -0.4 is 0 Å². The van der Waals surface area contributed by atoms with Crippen molar-refractivity contribution in [1.82, 2.24) is 0 Å². The van der Waals surface area contributed by atoms with Crippen LogP contribution in [0.3, 0.4) is 0 Å². The minimum atomic E-state index is 0. The van der Waals surface area contributed by atoms with Crippen LogP contribution in [0.1, 0.15) is 72.1 Å². The lowest BCUT2D eigenvalue weighted by atomic mass is 10.0. The molecule has 0 unspecified atom stereocenters. The summed E-state index contributed by atoms with van der Waals surface area (Å²) in [7, 11) is 0. The molecule has 0 aliphatic rings. The molecule has 0 fully saturated rings. The molecule has 0 aliphatic carbocycles. The van der Waals surface area contributed by atoms with Gasteiger partial charge in [0.25, 0.3) is 0 Å². The summed E-state index contributed by atoms with van der Waals surface area (Å²) in [5, 5.41) is 0. The van der Waals surface area contributed by atoms with Crippen molar-refractivity contribution in [1.29, 1.82) is 0 Å². The Kier molecular flexibility index (Phi) is 14.7. The van der Waals surface area contributed by atoms with Gasteiger partial charge in [0.2, 0.25) is 0 Å². The largest absolute Gasteiger partial charge is 0.0654 e. The fraction of sp³-hybridized carbons (Fsp3) is 1.00. The highest BCUT2D eigenvalue weighted by Gasteiger charge is 1.93. The Morgan fingerprint density at radius 2 is 1.23 bits per heavy atom. The van der Waals surface area contributed by atoms with Crippen LogP contribution in [0.4, 0.5) is 0 Å². The molecular weight excluding hydrogens is 172 g/mol. The smallest absolute Gasteiger partial charge is 0 e. The van der Waals surface area contributed by atoms with E-state index in [9.17, 15) is 0 Å². The summed E-state index contributed by atoms with van der Waals surface area (Å²) >= 11 is 0. The minimum Gasteiger partial charge on any atom is -0.0654 e. The first-order chi connectivity index (χ1) is 5.77. The quantitative estimate of drug-likeness (QED) is 0.400. The van der Waals surface area contributed by atoms with Crippen LogP contribution in [-0.2, 0) is 0 Å². The first-order valence-corrected chi connectivity index (χ1v) is 5.77. The Hall–Kier alpha value is 0.217. The lowest BCUT2D eigenvalue weighted by Gasteiger charge is -2.03. The molecule has 0 aromatic heterocycles. The summed E-state index contributed by atoms with van der Waals surface area (Å²) in [5.74, 6) is 0.903. The first-order valence-electron chi connectivity index (χ1n) is 5.77. The Morgan fingerprint density at radius 3 is 1.69 bits per heavy atom. The molecule has 0 aliphatic heterocycles. The first kappa shape index (κ1) is 15.7. The van der Waals surface area contributed by atoms with Crippen LogP contribution in [0.15, 0.2) is 0 Å². The molecule has 0 spiro atoms. The third-order valence-electron chi connectivity index (χ3n) is 2.39. The van der Waals surface area contributed by atoms with Gasteiger partial charge in [0.15, 0.2) is 0 Å². The number of rotatable bonds is 8. The van der Waals surface area contributed by atoms with E-state index in [0.29, 0.717) is 0 Å². The van der Waals surface area contributed by atoms with Gasteiger partial charge in [0.1, 0.15) is 0 Å². The van der Waals surface area contributed by atoms with Crippen LogP contribution in [-0.4, -0.2) is 11.0 Å². The maximum atomic E-state index is 2.32. The number of unbranched alkanes of at least 4 members (excludes halogenated alkanes) is 6. The fourth-order valence-electron chi connectivity index (χ4n) is 1.51. The summed E-state index contributed by atoms with van der Waals surface area (Å²) in [4.78, 5) is 0. The van der Waals surface area contributed by atoms with Crippen LogP contribution in [0, 0.1) is 5.92 Å². The van der Waals surface area contributed by atoms with Gasteiger partial charge in [-0.3, -0.25) is 0 Å². The molecule has 0 aromatic carbocycles. The molecule has 0 N–H and O–H groups in total. The van der Waals surface area contributed by atoms with E-state index in [1.165, 1.54) is 51.4 Å². The van der Waals surface area contributed by atoms with Gasteiger partial charge in [0.05, 0.1) is 0 Å². The fourth-order valence-corrected chi connectivity index (χ4v) is 1.51. The average molecular weight is 198 g/mol. The molecule has 0 saturated carbocycles. The van der Waals surface area contributed by atoms with Crippen molar-refractivity contribution < 1.29 is 0 Å². The Balaban J connectivity index is 0. The van der Waals surface area contributed by atoms with Gasteiger partial charge in [-0.2, -0.15) is 0 Å². The molecule has 1 heteroatoms. The molecule has 0 atom stereocenters. The molecule has 0 heterocycles. The summed E-state index contributed by atoms with van der Waals surface area (Å²) in [5.41, 5.74) is 0. The normalized spacial score (nSPS) is 10.2. The Bertz CT molecular complexity index is 79.2. The SMILES string of the molecule is CCCCCCCCCC(C)C.[Si]. The van der Waals surface area contributed by atoms with Crippen LogP contribution in [0.5, 0.6) is 0 Å². The van der Waals surface area contributed by atoms with E-state index in [1.807, 2.05) is 0 Å². The van der Waals surface area contributed by atoms with Crippen molar-refractivity contribution in [3.05, 3.63) is 0 Å². The summed E-state index contributed by atoms with van der Waals surface area (Å²) in [6, 6.07) is 0. The maximum Gasteiger partial charge on any atom is 0 e. The number of hydrogen-bond donors (Lipinski definition) is 0. The highest BCUT2D eigenvalue weighted by Crippen LogP contribution is 2.11. The zero-order valence-electron chi connectivity index (χ0n) is 9.73. The van der Waals surface area contributed by atoms with Crippen molar-refractivity contribution in [2.24, 2.45) is 5.92 Å². The highest BCUT2D eigenvalue weighted by molar-refractivity contribution is 5.75. The molecule has 0 amide bonds. The zero-order chi connectivity index (χ0) is 9.23. The van der Waals surface area contributed by atoms with Crippen molar-refractivity contribution in [2.75, 3.05) is 0 Å². The molecule has 13 heavy (non-hydrogen) atoms. The van der Waals surface area contributed by atoms with Gasteiger partial charge >= 0.3 is 0 Å². The third kappa shape index (κ3) is 15.0. The van der Waals surface area contributed by atoms with E-state index in [2.05, 4.69) is 20.8 Å². The zero-order valence-corrected chi connectivity index (χ0v) is 10.7. The van der Waals surface area contributed by atoms with E-state index in [0.717, 1.165) is 5.92 Å². The summed E-state index contributed by atoms with van der Waals surface area (Å²) in [6.45, 7) is 6.91. The standard InChI is InChI=1S/C12H26.Si/c1-4-5-6-7-8-9-10-11-12(2)3;/h12H,4-11H2,1-3H3;. The molecule has 78 valence electrons. The second kappa shape index (κ2) is 12.2. The molecule has 0 bridgehead atoms. The molecular formula is C12H26Si. The lowest BCUT2D eigenvalue weighted by molar-refractivity contribution is 0.511. The van der Waals surface area contributed by atoms with Crippen LogP contribution in [0.25, 0.3) is 0 Å². The predicted octanol–water partition coefficient (Wildman–Crippen LogP) is 4.40. The Morgan fingerprint density at radius 1 is 0.769 bits per heavy atom. The molecule has 0 rings (SSSR count). The Labute approximate surface area is 89.5 Å². The summed E-state index contributed by atoms with van der Waals surface area (Å²) in [6.07, 6.45) is 11.5. The van der Waals surface area contributed by atoms with Gasteiger partial charge in [-0.05, 0) is 5.92 Å². The average Bonchev–Trinajstić information content (AvgIpc) is 2.02.